The summed E-state index contributed by atoms with van der Waals surface area (Å²) < 4.78 is 0. The zero-order valence-corrected chi connectivity index (χ0v) is 27.7. The molecule has 1 aliphatic heterocycles. The molecule has 0 amide bonds. The first-order chi connectivity index (χ1) is 24.2. The van der Waals surface area contributed by atoms with Crippen LogP contribution < -0.4 is 20.9 Å². The number of allylic oxidation sites excluding steroid dienone is 6. The van der Waals surface area contributed by atoms with E-state index in [1.54, 1.807) is 0 Å². The van der Waals surface area contributed by atoms with E-state index in [1.807, 2.05) is 6.21 Å². The topological polar surface area (TPSA) is 12.4 Å². The van der Waals surface area contributed by atoms with E-state index < -0.39 is 0 Å². The van der Waals surface area contributed by atoms with Crippen LogP contribution in [0.15, 0.2) is 175 Å². The highest BCUT2D eigenvalue weighted by atomic mass is 14.8. The Morgan fingerprint density at radius 2 is 1.33 bits per heavy atom. The Labute approximate surface area is 289 Å². The van der Waals surface area contributed by atoms with Crippen molar-refractivity contribution in [3.8, 4) is 11.1 Å². The summed E-state index contributed by atoms with van der Waals surface area (Å²) in [5, 5.41) is 5.21. The summed E-state index contributed by atoms with van der Waals surface area (Å²) in [6.45, 7) is 4.61. The first kappa shape index (κ1) is 30.5. The minimum absolute atomic E-state index is 0.149. The number of aliphatic imine (C=N–C) groups is 1. The molecule has 1 heteroatoms. The summed E-state index contributed by atoms with van der Waals surface area (Å²) in [4.78, 5) is 4.78. The van der Waals surface area contributed by atoms with Crippen LogP contribution in [0.1, 0.15) is 48.4 Å². The van der Waals surface area contributed by atoms with Crippen molar-refractivity contribution in [2.75, 3.05) is 0 Å². The van der Waals surface area contributed by atoms with Gasteiger partial charge in [0.2, 0.25) is 0 Å². The molecule has 0 spiro atoms. The van der Waals surface area contributed by atoms with Crippen LogP contribution in [0.2, 0.25) is 0 Å². The number of hydrogen-bond donors (Lipinski definition) is 0. The minimum atomic E-state index is 0.149. The lowest BCUT2D eigenvalue weighted by Crippen LogP contribution is -2.35. The van der Waals surface area contributed by atoms with Crippen LogP contribution in [0.4, 0.5) is 0 Å². The minimum Gasteiger partial charge on any atom is -0.285 e. The SMILES string of the molecule is C=C1/C=C\C=C/C/C(C2=c3cccc(-c4ccccc4)c3=CCC2)=c2/ccccc2=C1c1ccc(C2=CC=NC(c3ccccc3)C2)cc1. The van der Waals surface area contributed by atoms with Gasteiger partial charge in [-0.2, -0.15) is 0 Å². The molecule has 1 heterocycles. The maximum atomic E-state index is 4.78. The Bertz CT molecular complexity index is 2420. The summed E-state index contributed by atoms with van der Waals surface area (Å²) in [7, 11) is 0. The standard InChI is InChI=1S/C48H39N/c1-34-15-5-2-10-20-42(44-26-14-24-41-40(23-13-25-43(41)44)36-16-6-3-7-17-36)45-21-11-12-22-46(45)48(34)38-29-27-35(28-30-38)39-31-32-49-47(33-39)37-18-8-4-9-19-37/h2-13,15-19,21-25,27-32,47H,1,14,20,26,33H2/b10-2-,15-5-,45-42+,48-46?. The molecular weight excluding hydrogens is 591 g/mol. The molecule has 1 nitrogen and oxygen atoms in total. The molecule has 1 unspecified atom stereocenters. The van der Waals surface area contributed by atoms with E-state index in [0.717, 1.165) is 31.3 Å². The van der Waals surface area contributed by atoms with Crippen molar-refractivity contribution in [1.29, 1.82) is 0 Å². The third-order valence-electron chi connectivity index (χ3n) is 10.0. The van der Waals surface area contributed by atoms with E-state index in [4.69, 9.17) is 4.99 Å². The fourth-order valence-electron chi connectivity index (χ4n) is 7.63. The highest BCUT2D eigenvalue weighted by molar-refractivity contribution is 5.92. The molecule has 0 saturated carbocycles. The molecule has 0 bridgehead atoms. The highest BCUT2D eigenvalue weighted by Crippen LogP contribution is 2.33. The third kappa shape index (κ3) is 6.17. The van der Waals surface area contributed by atoms with E-state index in [0.29, 0.717) is 0 Å². The Morgan fingerprint density at radius 1 is 0.612 bits per heavy atom. The van der Waals surface area contributed by atoms with E-state index in [2.05, 4.69) is 170 Å². The molecule has 3 aliphatic rings. The van der Waals surface area contributed by atoms with Crippen LogP contribution in [0.5, 0.6) is 0 Å². The van der Waals surface area contributed by atoms with Gasteiger partial charge in [0.05, 0.1) is 6.04 Å². The Hall–Kier alpha value is -5.79. The molecule has 0 saturated heterocycles. The lowest BCUT2D eigenvalue weighted by Gasteiger charge is -2.19. The van der Waals surface area contributed by atoms with Gasteiger partial charge >= 0.3 is 0 Å². The van der Waals surface area contributed by atoms with Gasteiger partial charge in [-0.15, -0.1) is 0 Å². The van der Waals surface area contributed by atoms with Crippen LogP contribution in [0, 0.1) is 0 Å². The Morgan fingerprint density at radius 3 is 2.14 bits per heavy atom. The Kier molecular flexibility index (Phi) is 8.57. The predicted molar refractivity (Wildman–Crippen MR) is 209 cm³/mol. The molecule has 2 aliphatic carbocycles. The molecule has 5 aromatic rings. The van der Waals surface area contributed by atoms with Gasteiger partial charge in [-0.05, 0) is 108 Å². The molecule has 8 rings (SSSR count). The zero-order valence-electron chi connectivity index (χ0n) is 27.7. The summed E-state index contributed by atoms with van der Waals surface area (Å²) in [6, 6.07) is 46.4. The van der Waals surface area contributed by atoms with E-state index >= 15 is 0 Å². The van der Waals surface area contributed by atoms with Crippen LogP contribution in [0.3, 0.4) is 0 Å². The number of nitrogens with zero attached hydrogens (tertiary/aromatic N) is 1. The average molecular weight is 630 g/mol. The summed E-state index contributed by atoms with van der Waals surface area (Å²) in [5.41, 5.74) is 12.6. The molecule has 0 radical (unpaired) electrons. The van der Waals surface area contributed by atoms with Gasteiger partial charge in [-0.1, -0.05) is 164 Å². The van der Waals surface area contributed by atoms with Crippen molar-refractivity contribution in [1.82, 2.24) is 0 Å². The van der Waals surface area contributed by atoms with Crippen molar-refractivity contribution >= 4 is 34.6 Å². The van der Waals surface area contributed by atoms with Crippen molar-refractivity contribution in [3.63, 3.8) is 0 Å². The van der Waals surface area contributed by atoms with Crippen molar-refractivity contribution in [2.45, 2.75) is 31.7 Å². The molecule has 236 valence electrons. The maximum absolute atomic E-state index is 4.78. The summed E-state index contributed by atoms with van der Waals surface area (Å²) in [5.74, 6) is 0. The largest absolute Gasteiger partial charge is 0.285 e. The number of hydrogen-bond acceptors (Lipinski definition) is 1. The van der Waals surface area contributed by atoms with Crippen molar-refractivity contribution < 1.29 is 0 Å². The lowest BCUT2D eigenvalue weighted by molar-refractivity contribution is 0.752. The molecule has 0 N–H and O–H groups in total. The number of rotatable bonds is 5. The quantitative estimate of drug-likeness (QED) is 0.184. The predicted octanol–water partition coefficient (Wildman–Crippen LogP) is 8.80. The normalized spacial score (nSPS) is 19.6. The van der Waals surface area contributed by atoms with Crippen LogP contribution in [0.25, 0.3) is 39.5 Å². The van der Waals surface area contributed by atoms with Crippen molar-refractivity contribution in [3.05, 3.63) is 207 Å². The number of fused-ring (bicyclic) bond motifs is 2. The second-order valence-electron chi connectivity index (χ2n) is 13.0. The molecule has 0 aromatic heterocycles. The van der Waals surface area contributed by atoms with Crippen molar-refractivity contribution in [2.24, 2.45) is 4.99 Å². The smallest absolute Gasteiger partial charge is 0.0789 e. The summed E-state index contributed by atoms with van der Waals surface area (Å²) in [6.07, 6.45) is 19.1. The maximum Gasteiger partial charge on any atom is 0.0789 e. The van der Waals surface area contributed by atoms with Gasteiger partial charge in [-0.25, -0.2) is 0 Å². The highest BCUT2D eigenvalue weighted by Gasteiger charge is 2.18. The van der Waals surface area contributed by atoms with Gasteiger partial charge < -0.3 is 0 Å². The monoisotopic (exact) mass is 629 g/mol. The molecule has 49 heavy (non-hydrogen) atoms. The first-order valence-electron chi connectivity index (χ1n) is 17.4. The molecule has 0 fully saturated rings. The summed E-state index contributed by atoms with van der Waals surface area (Å²) >= 11 is 0. The van der Waals surface area contributed by atoms with Gasteiger partial charge in [0.1, 0.15) is 0 Å². The van der Waals surface area contributed by atoms with Crippen LogP contribution in [-0.4, -0.2) is 6.21 Å². The van der Waals surface area contributed by atoms with E-state index in [9.17, 15) is 0 Å². The fourth-order valence-corrected chi connectivity index (χ4v) is 7.63. The van der Waals surface area contributed by atoms with Gasteiger partial charge in [0, 0.05) is 6.21 Å². The van der Waals surface area contributed by atoms with Gasteiger partial charge in [-0.3, -0.25) is 4.99 Å². The fraction of sp³-hybridized carbons (Fsp3) is 0.104. The lowest BCUT2D eigenvalue weighted by atomic mass is 9.86. The van der Waals surface area contributed by atoms with Crippen LogP contribution >= 0.6 is 0 Å². The second kappa shape index (κ2) is 13.7. The van der Waals surface area contributed by atoms with Gasteiger partial charge in [0.25, 0.3) is 0 Å². The van der Waals surface area contributed by atoms with Crippen LogP contribution in [-0.2, 0) is 0 Å². The third-order valence-corrected chi connectivity index (χ3v) is 10.0. The number of dihydropyridines is 1. The second-order valence-corrected chi connectivity index (χ2v) is 13.0. The zero-order chi connectivity index (χ0) is 33.0. The first-order valence-corrected chi connectivity index (χ1v) is 17.4. The Balaban J connectivity index is 1.29. The molecule has 5 aromatic carbocycles. The van der Waals surface area contributed by atoms with E-state index in [-0.39, 0.29) is 6.04 Å². The number of benzene rings is 5. The molecule has 1 atom stereocenters. The average Bonchev–Trinajstić information content (AvgIpc) is 3.17. The van der Waals surface area contributed by atoms with Gasteiger partial charge in [0.15, 0.2) is 0 Å². The molecular formula is C48H39N. The van der Waals surface area contributed by atoms with E-state index in [1.165, 1.54) is 71.0 Å².